The average molecular weight is 381 g/mol. The maximum Gasteiger partial charge on any atom is 0.243 e. The molecule has 0 saturated carbocycles. The van der Waals surface area contributed by atoms with Crippen molar-refractivity contribution in [3.63, 3.8) is 0 Å². The van der Waals surface area contributed by atoms with Crippen LogP contribution in [0, 0.1) is 6.92 Å². The highest BCUT2D eigenvalue weighted by molar-refractivity contribution is 7.89. The average Bonchev–Trinajstić information content (AvgIpc) is 2.48. The first-order valence-electron chi connectivity index (χ1n) is 7.23. The van der Waals surface area contributed by atoms with Crippen molar-refractivity contribution in [3.8, 4) is 0 Å². The maximum atomic E-state index is 12.8. The second-order valence-electron chi connectivity index (χ2n) is 5.78. The summed E-state index contributed by atoms with van der Waals surface area (Å²) < 4.78 is 51.4. The predicted octanol–water partition coefficient (Wildman–Crippen LogP) is 1.69. The molecule has 1 fully saturated rings. The van der Waals surface area contributed by atoms with Gasteiger partial charge in [-0.2, -0.15) is 4.31 Å². The Morgan fingerprint density at radius 2 is 1.74 bits per heavy atom. The SMILES string of the molecule is Cc1c(Cl)cccc1S(=O)(=O)N1CCC(N(C)S(C)(=O)=O)CC1. The van der Waals surface area contributed by atoms with E-state index in [1.54, 1.807) is 25.1 Å². The van der Waals surface area contributed by atoms with Crippen LogP contribution in [0.1, 0.15) is 18.4 Å². The summed E-state index contributed by atoms with van der Waals surface area (Å²) >= 11 is 6.02. The molecule has 1 aromatic carbocycles. The molecule has 1 saturated heterocycles. The van der Waals surface area contributed by atoms with Crippen molar-refractivity contribution in [3.05, 3.63) is 28.8 Å². The number of benzene rings is 1. The summed E-state index contributed by atoms with van der Waals surface area (Å²) in [7, 11) is -5.36. The molecule has 1 aromatic rings. The number of halogens is 1. The van der Waals surface area contributed by atoms with E-state index in [0.717, 1.165) is 6.26 Å². The van der Waals surface area contributed by atoms with Crippen molar-refractivity contribution in [1.82, 2.24) is 8.61 Å². The van der Waals surface area contributed by atoms with Crippen LogP contribution >= 0.6 is 11.6 Å². The minimum Gasteiger partial charge on any atom is -0.213 e. The first kappa shape index (κ1) is 18.7. The zero-order chi connectivity index (χ0) is 17.4. The van der Waals surface area contributed by atoms with Gasteiger partial charge in [-0.25, -0.2) is 21.1 Å². The molecule has 0 radical (unpaired) electrons. The molecule has 0 spiro atoms. The van der Waals surface area contributed by atoms with E-state index in [1.807, 2.05) is 0 Å². The number of hydrogen-bond donors (Lipinski definition) is 0. The highest BCUT2D eigenvalue weighted by atomic mass is 35.5. The molecule has 1 heterocycles. The summed E-state index contributed by atoms with van der Waals surface area (Å²) in [5.74, 6) is 0. The second-order valence-corrected chi connectivity index (χ2v) is 10.1. The van der Waals surface area contributed by atoms with E-state index < -0.39 is 20.0 Å². The van der Waals surface area contributed by atoms with Gasteiger partial charge in [0.05, 0.1) is 11.2 Å². The lowest BCUT2D eigenvalue weighted by Gasteiger charge is -2.35. The van der Waals surface area contributed by atoms with Crippen LogP contribution in [0.4, 0.5) is 0 Å². The molecule has 1 aliphatic heterocycles. The van der Waals surface area contributed by atoms with Gasteiger partial charge in [0.2, 0.25) is 20.0 Å². The van der Waals surface area contributed by atoms with Crippen LogP contribution in [0.25, 0.3) is 0 Å². The van der Waals surface area contributed by atoms with Crippen LogP contribution < -0.4 is 0 Å². The Kier molecular flexibility index (Phi) is 5.42. The number of rotatable bonds is 4. The van der Waals surface area contributed by atoms with E-state index in [4.69, 9.17) is 11.6 Å². The van der Waals surface area contributed by atoms with E-state index in [9.17, 15) is 16.8 Å². The number of piperidine rings is 1. The summed E-state index contributed by atoms with van der Waals surface area (Å²) in [6, 6.07) is 4.65. The summed E-state index contributed by atoms with van der Waals surface area (Å²) in [4.78, 5) is 0.208. The highest BCUT2D eigenvalue weighted by Crippen LogP contribution is 2.28. The van der Waals surface area contributed by atoms with E-state index >= 15 is 0 Å². The van der Waals surface area contributed by atoms with Gasteiger partial charge < -0.3 is 0 Å². The fourth-order valence-corrected chi connectivity index (χ4v) is 5.42. The van der Waals surface area contributed by atoms with Gasteiger partial charge >= 0.3 is 0 Å². The molecule has 0 unspecified atom stereocenters. The van der Waals surface area contributed by atoms with Gasteiger partial charge in [0.1, 0.15) is 0 Å². The molecule has 6 nitrogen and oxygen atoms in total. The second kappa shape index (κ2) is 6.68. The fraction of sp³-hybridized carbons (Fsp3) is 0.571. The van der Waals surface area contributed by atoms with Crippen LogP contribution in [-0.4, -0.2) is 57.9 Å². The van der Waals surface area contributed by atoms with Gasteiger partial charge in [0, 0.05) is 31.2 Å². The molecule has 130 valence electrons. The first-order valence-corrected chi connectivity index (χ1v) is 10.9. The number of sulfonamides is 2. The molecule has 23 heavy (non-hydrogen) atoms. The molecule has 0 amide bonds. The molecule has 0 bridgehead atoms. The topological polar surface area (TPSA) is 74.8 Å². The Morgan fingerprint density at radius 3 is 2.26 bits per heavy atom. The third-order valence-corrected chi connectivity index (χ3v) is 8.09. The Labute approximate surface area is 143 Å². The van der Waals surface area contributed by atoms with E-state index in [1.165, 1.54) is 15.7 Å². The molecule has 0 N–H and O–H groups in total. The van der Waals surface area contributed by atoms with Crippen molar-refractivity contribution in [2.24, 2.45) is 0 Å². The zero-order valence-electron chi connectivity index (χ0n) is 13.4. The molecule has 0 aliphatic carbocycles. The molecule has 0 atom stereocenters. The Morgan fingerprint density at radius 1 is 1.17 bits per heavy atom. The molecular formula is C14H21ClN2O4S2. The lowest BCUT2D eigenvalue weighted by atomic mass is 10.1. The van der Waals surface area contributed by atoms with E-state index in [0.29, 0.717) is 36.5 Å². The van der Waals surface area contributed by atoms with E-state index in [2.05, 4.69) is 0 Å². The van der Waals surface area contributed by atoms with Crippen molar-refractivity contribution < 1.29 is 16.8 Å². The van der Waals surface area contributed by atoms with Crippen LogP contribution in [0.15, 0.2) is 23.1 Å². The first-order chi connectivity index (χ1) is 10.5. The minimum atomic E-state index is -3.62. The number of nitrogens with zero attached hydrogens (tertiary/aromatic N) is 2. The Bertz CT molecular complexity index is 785. The summed E-state index contributed by atoms with van der Waals surface area (Å²) in [5.41, 5.74) is 0.532. The molecule has 2 rings (SSSR count). The monoisotopic (exact) mass is 380 g/mol. The van der Waals surface area contributed by atoms with Crippen LogP contribution in [0.5, 0.6) is 0 Å². The van der Waals surface area contributed by atoms with Gasteiger partial charge in [-0.05, 0) is 37.5 Å². The van der Waals surface area contributed by atoms with Gasteiger partial charge in [0.15, 0.2) is 0 Å². The lowest BCUT2D eigenvalue weighted by molar-refractivity contribution is 0.239. The minimum absolute atomic E-state index is 0.170. The Balaban J connectivity index is 2.18. The fourth-order valence-electron chi connectivity index (χ4n) is 2.72. The molecular weight excluding hydrogens is 360 g/mol. The van der Waals surface area contributed by atoms with Crippen molar-refractivity contribution in [2.45, 2.75) is 30.7 Å². The third-order valence-electron chi connectivity index (χ3n) is 4.30. The van der Waals surface area contributed by atoms with Crippen LogP contribution in [0.3, 0.4) is 0 Å². The lowest BCUT2D eigenvalue weighted by Crippen LogP contribution is -2.47. The summed E-state index contributed by atoms with van der Waals surface area (Å²) in [6.07, 6.45) is 2.11. The summed E-state index contributed by atoms with van der Waals surface area (Å²) in [5, 5.41) is 0.415. The molecule has 9 heteroatoms. The molecule has 1 aliphatic rings. The highest BCUT2D eigenvalue weighted by Gasteiger charge is 2.33. The normalized spacial score (nSPS) is 18.5. The quantitative estimate of drug-likeness (QED) is 0.796. The molecule has 0 aromatic heterocycles. The maximum absolute atomic E-state index is 12.8. The predicted molar refractivity (Wildman–Crippen MR) is 90.6 cm³/mol. The van der Waals surface area contributed by atoms with Gasteiger partial charge in [-0.3, -0.25) is 0 Å². The smallest absolute Gasteiger partial charge is 0.213 e. The van der Waals surface area contributed by atoms with Crippen LogP contribution in [0.2, 0.25) is 5.02 Å². The van der Waals surface area contributed by atoms with Gasteiger partial charge in [0.25, 0.3) is 0 Å². The number of hydrogen-bond acceptors (Lipinski definition) is 4. The van der Waals surface area contributed by atoms with Crippen LogP contribution in [-0.2, 0) is 20.0 Å². The summed E-state index contributed by atoms with van der Waals surface area (Å²) in [6.45, 7) is 2.26. The van der Waals surface area contributed by atoms with Crippen molar-refractivity contribution in [1.29, 1.82) is 0 Å². The van der Waals surface area contributed by atoms with Gasteiger partial charge in [-0.1, -0.05) is 17.7 Å². The van der Waals surface area contributed by atoms with Crippen molar-refractivity contribution in [2.75, 3.05) is 26.4 Å². The third kappa shape index (κ3) is 3.88. The standard InChI is InChI=1S/C14H21ClN2O4S2/c1-11-13(15)5-4-6-14(11)23(20,21)17-9-7-12(8-10-17)16(2)22(3,18)19/h4-6,12H,7-10H2,1-3H3. The zero-order valence-corrected chi connectivity index (χ0v) is 15.7. The van der Waals surface area contributed by atoms with Gasteiger partial charge in [-0.15, -0.1) is 0 Å². The van der Waals surface area contributed by atoms with E-state index in [-0.39, 0.29) is 10.9 Å². The van der Waals surface area contributed by atoms with Crippen molar-refractivity contribution >= 4 is 31.6 Å². The largest absolute Gasteiger partial charge is 0.243 e. The Hall–Kier alpha value is -0.670.